The fraction of sp³-hybridized carbons (Fsp3) is 0.556. The second-order valence-corrected chi connectivity index (χ2v) is 4.45. The van der Waals surface area contributed by atoms with Gasteiger partial charge in [-0.15, -0.1) is 0 Å². The minimum Gasteiger partial charge on any atom is -0.310 e. The molecule has 0 saturated heterocycles. The standard InChI is InChI=1S/C9H14BrNS/c1-3-4-11-7(2)8-5-12-6-9(8)10/h5-7,11H,3-4H2,1-2H3. The summed E-state index contributed by atoms with van der Waals surface area (Å²) in [5.74, 6) is 0. The topological polar surface area (TPSA) is 12.0 Å². The second kappa shape index (κ2) is 5.00. The summed E-state index contributed by atoms with van der Waals surface area (Å²) >= 11 is 5.27. The van der Waals surface area contributed by atoms with Gasteiger partial charge in [-0.1, -0.05) is 6.92 Å². The van der Waals surface area contributed by atoms with E-state index in [0.29, 0.717) is 6.04 Å². The van der Waals surface area contributed by atoms with Gasteiger partial charge in [0.2, 0.25) is 0 Å². The molecule has 0 aliphatic heterocycles. The van der Waals surface area contributed by atoms with E-state index in [1.165, 1.54) is 16.5 Å². The van der Waals surface area contributed by atoms with Crippen molar-refractivity contribution in [1.29, 1.82) is 0 Å². The van der Waals surface area contributed by atoms with Crippen molar-refractivity contribution in [3.8, 4) is 0 Å². The number of halogens is 1. The van der Waals surface area contributed by atoms with E-state index in [-0.39, 0.29) is 0 Å². The lowest BCUT2D eigenvalue weighted by atomic mass is 10.2. The normalized spacial score (nSPS) is 13.2. The molecule has 0 saturated carbocycles. The third kappa shape index (κ3) is 2.57. The van der Waals surface area contributed by atoms with Gasteiger partial charge in [0, 0.05) is 15.9 Å². The van der Waals surface area contributed by atoms with E-state index in [4.69, 9.17) is 0 Å². The summed E-state index contributed by atoms with van der Waals surface area (Å²) < 4.78 is 1.23. The maximum atomic E-state index is 3.53. The number of hydrogen-bond donors (Lipinski definition) is 1. The van der Waals surface area contributed by atoms with Crippen LogP contribution >= 0.6 is 27.3 Å². The summed E-state index contributed by atoms with van der Waals surface area (Å²) in [7, 11) is 0. The molecule has 0 radical (unpaired) electrons. The predicted molar refractivity (Wildman–Crippen MR) is 58.7 cm³/mol. The van der Waals surface area contributed by atoms with Crippen LogP contribution in [0, 0.1) is 0 Å². The van der Waals surface area contributed by atoms with Crippen molar-refractivity contribution in [2.75, 3.05) is 6.54 Å². The number of thiophene rings is 1. The van der Waals surface area contributed by atoms with Gasteiger partial charge in [-0.25, -0.2) is 0 Å². The van der Waals surface area contributed by atoms with Gasteiger partial charge in [-0.05, 0) is 46.8 Å². The molecule has 0 aromatic carbocycles. The average molecular weight is 248 g/mol. The molecule has 1 atom stereocenters. The van der Waals surface area contributed by atoms with E-state index < -0.39 is 0 Å². The van der Waals surface area contributed by atoms with E-state index in [9.17, 15) is 0 Å². The van der Waals surface area contributed by atoms with Crippen LogP contribution in [0.1, 0.15) is 31.9 Å². The Morgan fingerprint density at radius 2 is 2.33 bits per heavy atom. The molecule has 68 valence electrons. The lowest BCUT2D eigenvalue weighted by Gasteiger charge is -2.11. The highest BCUT2D eigenvalue weighted by Gasteiger charge is 2.08. The summed E-state index contributed by atoms with van der Waals surface area (Å²) in [4.78, 5) is 0. The van der Waals surface area contributed by atoms with Crippen molar-refractivity contribution in [3.63, 3.8) is 0 Å². The maximum Gasteiger partial charge on any atom is 0.0330 e. The van der Waals surface area contributed by atoms with Crippen molar-refractivity contribution >= 4 is 27.3 Å². The molecule has 1 heterocycles. The van der Waals surface area contributed by atoms with Crippen LogP contribution in [0.25, 0.3) is 0 Å². The zero-order valence-electron chi connectivity index (χ0n) is 7.43. The highest BCUT2D eigenvalue weighted by molar-refractivity contribution is 9.10. The Morgan fingerprint density at radius 1 is 1.58 bits per heavy atom. The Balaban J connectivity index is 2.52. The molecular weight excluding hydrogens is 234 g/mol. The molecule has 0 spiro atoms. The molecule has 1 aromatic heterocycles. The zero-order chi connectivity index (χ0) is 8.97. The van der Waals surface area contributed by atoms with Crippen molar-refractivity contribution < 1.29 is 0 Å². The maximum absolute atomic E-state index is 3.53. The fourth-order valence-corrected chi connectivity index (χ4v) is 2.81. The Kier molecular flexibility index (Phi) is 4.26. The largest absolute Gasteiger partial charge is 0.310 e. The summed E-state index contributed by atoms with van der Waals surface area (Å²) in [5.41, 5.74) is 1.37. The van der Waals surface area contributed by atoms with Crippen molar-refractivity contribution in [3.05, 3.63) is 20.8 Å². The molecule has 1 unspecified atom stereocenters. The van der Waals surface area contributed by atoms with Gasteiger partial charge in [0.25, 0.3) is 0 Å². The molecule has 0 fully saturated rings. The first-order valence-electron chi connectivity index (χ1n) is 4.20. The average Bonchev–Trinajstić information content (AvgIpc) is 2.47. The van der Waals surface area contributed by atoms with Crippen LogP contribution in [0.15, 0.2) is 15.2 Å². The molecule has 0 amide bonds. The van der Waals surface area contributed by atoms with Gasteiger partial charge in [-0.2, -0.15) is 11.3 Å². The third-order valence-electron chi connectivity index (χ3n) is 1.81. The number of hydrogen-bond acceptors (Lipinski definition) is 2. The minimum atomic E-state index is 0.463. The van der Waals surface area contributed by atoms with Gasteiger partial charge < -0.3 is 5.32 Å². The SMILES string of the molecule is CCCNC(C)c1cscc1Br. The first kappa shape index (κ1) is 10.2. The molecule has 0 aliphatic rings. The van der Waals surface area contributed by atoms with Gasteiger partial charge in [0.15, 0.2) is 0 Å². The van der Waals surface area contributed by atoms with Gasteiger partial charge in [0.05, 0.1) is 0 Å². The highest BCUT2D eigenvalue weighted by atomic mass is 79.9. The van der Waals surface area contributed by atoms with Crippen molar-refractivity contribution in [1.82, 2.24) is 5.32 Å². The first-order chi connectivity index (χ1) is 5.75. The predicted octanol–water partition coefficient (Wildman–Crippen LogP) is 3.57. The van der Waals surface area contributed by atoms with Crippen LogP contribution < -0.4 is 5.32 Å². The highest BCUT2D eigenvalue weighted by Crippen LogP contribution is 2.26. The molecule has 12 heavy (non-hydrogen) atoms. The fourth-order valence-electron chi connectivity index (χ4n) is 1.07. The molecular formula is C9H14BrNS. The second-order valence-electron chi connectivity index (χ2n) is 2.85. The quantitative estimate of drug-likeness (QED) is 0.858. The number of rotatable bonds is 4. The van der Waals surface area contributed by atoms with Crippen LogP contribution in [0.3, 0.4) is 0 Å². The zero-order valence-corrected chi connectivity index (χ0v) is 9.83. The Hall–Kier alpha value is 0.140. The molecule has 1 aromatic rings. The van der Waals surface area contributed by atoms with Gasteiger partial charge in [0.1, 0.15) is 0 Å². The number of nitrogens with one attached hydrogen (secondary N) is 1. The molecule has 1 N–H and O–H groups in total. The van der Waals surface area contributed by atoms with E-state index in [2.05, 4.69) is 45.9 Å². The van der Waals surface area contributed by atoms with Crippen LogP contribution in [0.4, 0.5) is 0 Å². The smallest absolute Gasteiger partial charge is 0.0330 e. The monoisotopic (exact) mass is 247 g/mol. The van der Waals surface area contributed by atoms with E-state index in [1.54, 1.807) is 11.3 Å². The lowest BCUT2D eigenvalue weighted by Crippen LogP contribution is -2.18. The first-order valence-corrected chi connectivity index (χ1v) is 5.94. The van der Waals surface area contributed by atoms with E-state index in [1.807, 2.05) is 0 Å². The van der Waals surface area contributed by atoms with E-state index >= 15 is 0 Å². The Bertz CT molecular complexity index is 234. The third-order valence-corrected chi connectivity index (χ3v) is 3.56. The van der Waals surface area contributed by atoms with Crippen LogP contribution in [-0.4, -0.2) is 6.54 Å². The molecule has 0 bridgehead atoms. The summed E-state index contributed by atoms with van der Waals surface area (Å²) in [6.07, 6.45) is 1.19. The summed E-state index contributed by atoms with van der Waals surface area (Å²) in [5, 5.41) is 7.77. The van der Waals surface area contributed by atoms with Crippen LogP contribution in [-0.2, 0) is 0 Å². The van der Waals surface area contributed by atoms with Gasteiger partial charge >= 0.3 is 0 Å². The van der Waals surface area contributed by atoms with Crippen LogP contribution in [0.2, 0.25) is 0 Å². The molecule has 1 rings (SSSR count). The minimum absolute atomic E-state index is 0.463. The Morgan fingerprint density at radius 3 is 2.83 bits per heavy atom. The molecule has 1 nitrogen and oxygen atoms in total. The van der Waals surface area contributed by atoms with Crippen LogP contribution in [0.5, 0.6) is 0 Å². The summed E-state index contributed by atoms with van der Waals surface area (Å²) in [6, 6.07) is 0.463. The molecule has 3 heteroatoms. The van der Waals surface area contributed by atoms with E-state index in [0.717, 1.165) is 6.54 Å². The molecule has 0 aliphatic carbocycles. The summed E-state index contributed by atoms with van der Waals surface area (Å²) in [6.45, 7) is 5.47. The Labute approximate surface area is 86.3 Å². The van der Waals surface area contributed by atoms with Crippen molar-refractivity contribution in [2.45, 2.75) is 26.3 Å². The van der Waals surface area contributed by atoms with Crippen molar-refractivity contribution in [2.24, 2.45) is 0 Å². The lowest BCUT2D eigenvalue weighted by molar-refractivity contribution is 0.570. The van der Waals surface area contributed by atoms with Gasteiger partial charge in [-0.3, -0.25) is 0 Å².